The molecule has 0 fully saturated rings. The predicted molar refractivity (Wildman–Crippen MR) is 99.2 cm³/mol. The molecule has 0 bridgehead atoms. The van der Waals surface area contributed by atoms with Crippen molar-refractivity contribution in [3.8, 4) is 0 Å². The zero-order valence-electron chi connectivity index (χ0n) is 14.5. The highest BCUT2D eigenvalue weighted by molar-refractivity contribution is 7.92. The first-order chi connectivity index (χ1) is 11.9. The number of hydrogen-bond acceptors (Lipinski definition) is 3. The normalized spacial score (nSPS) is 11.5. The van der Waals surface area contributed by atoms with Crippen LogP contribution in [0, 0.1) is 13.8 Å². The average molecular weight is 355 g/mol. The van der Waals surface area contributed by atoms with Gasteiger partial charge in [-0.1, -0.05) is 48.5 Å². The largest absolute Gasteiger partial charge is 0.279 e. The second-order valence-corrected chi connectivity index (χ2v) is 7.67. The van der Waals surface area contributed by atoms with E-state index >= 15 is 0 Å². The first kappa shape index (κ1) is 17.2. The molecule has 2 aromatic carbocycles. The maximum atomic E-state index is 12.9. The lowest BCUT2D eigenvalue weighted by Crippen LogP contribution is -2.16. The summed E-state index contributed by atoms with van der Waals surface area (Å²) in [6.45, 7) is 3.46. The van der Waals surface area contributed by atoms with Crippen molar-refractivity contribution >= 4 is 15.7 Å². The molecular formula is C19H21N3O2S. The molecule has 0 aliphatic heterocycles. The van der Waals surface area contributed by atoms with Gasteiger partial charge in [-0.25, -0.2) is 8.42 Å². The molecule has 6 heteroatoms. The number of nitrogens with zero attached hydrogens (tertiary/aromatic N) is 2. The number of aromatic nitrogens is 2. The molecule has 0 aliphatic rings. The molecule has 0 saturated heterocycles. The van der Waals surface area contributed by atoms with Crippen LogP contribution in [0.2, 0.25) is 0 Å². The molecule has 3 aromatic rings. The molecule has 0 aliphatic carbocycles. The Bertz CT molecular complexity index is 993. The van der Waals surface area contributed by atoms with E-state index in [1.807, 2.05) is 48.5 Å². The molecule has 0 saturated carbocycles. The Morgan fingerprint density at radius 2 is 1.64 bits per heavy atom. The summed E-state index contributed by atoms with van der Waals surface area (Å²) in [4.78, 5) is 0.240. The highest BCUT2D eigenvalue weighted by atomic mass is 32.2. The van der Waals surface area contributed by atoms with Gasteiger partial charge >= 0.3 is 0 Å². The minimum absolute atomic E-state index is 0.240. The zero-order valence-corrected chi connectivity index (χ0v) is 15.3. The third-order valence-electron chi connectivity index (χ3n) is 4.21. The van der Waals surface area contributed by atoms with Crippen LogP contribution in [0.15, 0.2) is 59.5 Å². The summed E-state index contributed by atoms with van der Waals surface area (Å²) in [7, 11) is -1.96. The average Bonchev–Trinajstić information content (AvgIpc) is 2.83. The number of benzene rings is 2. The lowest BCUT2D eigenvalue weighted by molar-refractivity contribution is 0.599. The third kappa shape index (κ3) is 3.58. The van der Waals surface area contributed by atoms with Crippen LogP contribution in [-0.4, -0.2) is 18.2 Å². The Hall–Kier alpha value is -2.60. The quantitative estimate of drug-likeness (QED) is 0.763. The third-order valence-corrected chi connectivity index (χ3v) is 5.83. The van der Waals surface area contributed by atoms with Crippen molar-refractivity contribution < 1.29 is 8.42 Å². The first-order valence-electron chi connectivity index (χ1n) is 8.03. The van der Waals surface area contributed by atoms with E-state index in [4.69, 9.17) is 0 Å². The fraction of sp³-hybridized carbons (Fsp3) is 0.211. The molecule has 0 spiro atoms. The lowest BCUT2D eigenvalue weighted by atomic mass is 10.0. The Labute approximate surface area is 148 Å². The summed E-state index contributed by atoms with van der Waals surface area (Å²) in [5, 5.41) is 4.21. The van der Waals surface area contributed by atoms with Gasteiger partial charge in [0, 0.05) is 7.05 Å². The van der Waals surface area contributed by atoms with Gasteiger partial charge < -0.3 is 0 Å². The number of hydrogen-bond donors (Lipinski definition) is 1. The van der Waals surface area contributed by atoms with Gasteiger partial charge in [-0.15, -0.1) is 0 Å². The summed E-state index contributed by atoms with van der Waals surface area (Å²) in [6, 6.07) is 17.4. The van der Waals surface area contributed by atoms with Crippen molar-refractivity contribution in [2.75, 3.05) is 4.72 Å². The van der Waals surface area contributed by atoms with Crippen molar-refractivity contribution in [3.05, 3.63) is 77.1 Å². The van der Waals surface area contributed by atoms with E-state index in [-0.39, 0.29) is 4.90 Å². The molecule has 0 radical (unpaired) electrons. The van der Waals surface area contributed by atoms with E-state index in [2.05, 4.69) is 9.82 Å². The molecule has 0 atom stereocenters. The van der Waals surface area contributed by atoms with Gasteiger partial charge in [0.05, 0.1) is 17.1 Å². The SMILES string of the molecule is Cc1nn(C)c(C)c1S(=O)(=O)Nc1ccccc1Cc1ccccc1. The summed E-state index contributed by atoms with van der Waals surface area (Å²) in [5.41, 5.74) is 3.76. The van der Waals surface area contributed by atoms with Crippen LogP contribution in [-0.2, 0) is 23.5 Å². The summed E-state index contributed by atoms with van der Waals surface area (Å²) in [5.74, 6) is 0. The number of para-hydroxylation sites is 1. The summed E-state index contributed by atoms with van der Waals surface area (Å²) < 4.78 is 30.1. The van der Waals surface area contributed by atoms with Crippen LogP contribution < -0.4 is 4.72 Å². The van der Waals surface area contributed by atoms with Crippen molar-refractivity contribution in [2.24, 2.45) is 7.05 Å². The van der Waals surface area contributed by atoms with E-state index < -0.39 is 10.0 Å². The van der Waals surface area contributed by atoms with E-state index in [1.54, 1.807) is 31.6 Å². The standard InChI is InChI=1S/C19H21N3O2S/c1-14-19(15(2)22(3)20-14)25(23,24)21-18-12-8-7-11-17(18)13-16-9-5-4-6-10-16/h4-12,21H,13H2,1-3H3. The zero-order chi connectivity index (χ0) is 18.0. The fourth-order valence-corrected chi connectivity index (χ4v) is 4.47. The van der Waals surface area contributed by atoms with Gasteiger partial charge in [0.15, 0.2) is 0 Å². The van der Waals surface area contributed by atoms with Crippen molar-refractivity contribution in [2.45, 2.75) is 25.2 Å². The Balaban J connectivity index is 1.95. The van der Waals surface area contributed by atoms with Gasteiger partial charge in [-0.2, -0.15) is 5.10 Å². The maximum Gasteiger partial charge on any atom is 0.265 e. The Morgan fingerprint density at radius 3 is 2.28 bits per heavy atom. The number of anilines is 1. The van der Waals surface area contributed by atoms with Gasteiger partial charge in [-0.3, -0.25) is 9.40 Å². The molecular weight excluding hydrogens is 334 g/mol. The molecule has 1 N–H and O–H groups in total. The topological polar surface area (TPSA) is 64.0 Å². The molecule has 1 heterocycles. The van der Waals surface area contributed by atoms with E-state index in [0.29, 0.717) is 23.5 Å². The van der Waals surface area contributed by atoms with Gasteiger partial charge in [0.1, 0.15) is 4.90 Å². The molecule has 25 heavy (non-hydrogen) atoms. The number of aryl methyl sites for hydroxylation is 2. The summed E-state index contributed by atoms with van der Waals surface area (Å²) in [6.07, 6.45) is 0.657. The Kier molecular flexibility index (Phi) is 4.63. The monoisotopic (exact) mass is 355 g/mol. The smallest absolute Gasteiger partial charge is 0.265 e. The highest BCUT2D eigenvalue weighted by Crippen LogP contribution is 2.25. The molecule has 0 unspecified atom stereocenters. The van der Waals surface area contributed by atoms with Gasteiger partial charge in [0.2, 0.25) is 0 Å². The molecule has 1 aromatic heterocycles. The van der Waals surface area contributed by atoms with Crippen LogP contribution in [0.3, 0.4) is 0 Å². The highest BCUT2D eigenvalue weighted by Gasteiger charge is 2.24. The maximum absolute atomic E-state index is 12.9. The molecule has 3 rings (SSSR count). The number of sulfonamides is 1. The van der Waals surface area contributed by atoms with Crippen LogP contribution >= 0.6 is 0 Å². The molecule has 130 valence electrons. The lowest BCUT2D eigenvalue weighted by Gasteiger charge is -2.13. The van der Waals surface area contributed by atoms with Crippen LogP contribution in [0.1, 0.15) is 22.5 Å². The Morgan fingerprint density at radius 1 is 1.00 bits per heavy atom. The van der Waals surface area contributed by atoms with E-state index in [0.717, 1.165) is 11.1 Å². The van der Waals surface area contributed by atoms with E-state index in [1.165, 1.54) is 0 Å². The van der Waals surface area contributed by atoms with Gasteiger partial charge in [-0.05, 0) is 37.5 Å². The predicted octanol–water partition coefficient (Wildman–Crippen LogP) is 3.43. The fourth-order valence-electron chi connectivity index (χ4n) is 2.93. The van der Waals surface area contributed by atoms with Crippen LogP contribution in [0.25, 0.3) is 0 Å². The van der Waals surface area contributed by atoms with E-state index in [9.17, 15) is 8.42 Å². The van der Waals surface area contributed by atoms with Crippen LogP contribution in [0.4, 0.5) is 5.69 Å². The summed E-state index contributed by atoms with van der Waals surface area (Å²) >= 11 is 0. The van der Waals surface area contributed by atoms with Crippen molar-refractivity contribution in [3.63, 3.8) is 0 Å². The van der Waals surface area contributed by atoms with Crippen molar-refractivity contribution in [1.82, 2.24) is 9.78 Å². The number of nitrogens with one attached hydrogen (secondary N) is 1. The van der Waals surface area contributed by atoms with Gasteiger partial charge in [0.25, 0.3) is 10.0 Å². The minimum atomic E-state index is -3.70. The molecule has 0 amide bonds. The minimum Gasteiger partial charge on any atom is -0.279 e. The first-order valence-corrected chi connectivity index (χ1v) is 9.51. The second-order valence-electron chi connectivity index (χ2n) is 6.05. The number of rotatable bonds is 5. The second kappa shape index (κ2) is 6.72. The van der Waals surface area contributed by atoms with Crippen LogP contribution in [0.5, 0.6) is 0 Å². The van der Waals surface area contributed by atoms with Crippen molar-refractivity contribution in [1.29, 1.82) is 0 Å². The molecule has 5 nitrogen and oxygen atoms in total.